The second kappa shape index (κ2) is 7.01. The van der Waals surface area contributed by atoms with Gasteiger partial charge in [-0.1, -0.05) is 15.9 Å². The van der Waals surface area contributed by atoms with Crippen molar-refractivity contribution in [3.05, 3.63) is 58.5 Å². The predicted octanol–water partition coefficient (Wildman–Crippen LogP) is 4.15. The summed E-state index contributed by atoms with van der Waals surface area (Å²) in [5, 5.41) is 13.4. The van der Waals surface area contributed by atoms with Crippen molar-refractivity contribution < 1.29 is 13.5 Å². The van der Waals surface area contributed by atoms with Gasteiger partial charge in [0, 0.05) is 16.2 Å². The fourth-order valence-corrected chi connectivity index (χ4v) is 3.15. The number of alkyl halides is 2. The van der Waals surface area contributed by atoms with Crippen LogP contribution in [0.4, 0.5) is 8.78 Å². The van der Waals surface area contributed by atoms with Crippen molar-refractivity contribution in [2.45, 2.75) is 13.5 Å². The van der Waals surface area contributed by atoms with Crippen LogP contribution < -0.4 is 4.74 Å². The first-order chi connectivity index (χ1) is 13.5. The summed E-state index contributed by atoms with van der Waals surface area (Å²) in [5.74, 6) is 0.465. The lowest BCUT2D eigenvalue weighted by Crippen LogP contribution is -2.08. The minimum absolute atomic E-state index is 0.209. The van der Waals surface area contributed by atoms with E-state index in [-0.39, 0.29) is 17.3 Å². The first-order valence-corrected chi connectivity index (χ1v) is 8.81. The van der Waals surface area contributed by atoms with E-state index in [2.05, 4.69) is 35.7 Å². The minimum Gasteiger partial charge on any atom is -0.415 e. The molecule has 0 saturated carbocycles. The maximum Gasteiger partial charge on any atom is 0.388 e. The zero-order valence-corrected chi connectivity index (χ0v) is 15.9. The largest absolute Gasteiger partial charge is 0.415 e. The van der Waals surface area contributed by atoms with E-state index in [9.17, 15) is 14.0 Å². The van der Waals surface area contributed by atoms with Crippen LogP contribution in [0.2, 0.25) is 0 Å². The summed E-state index contributed by atoms with van der Waals surface area (Å²) in [6, 6.07) is 12.3. The number of aryl methyl sites for hydroxylation is 1. The van der Waals surface area contributed by atoms with Crippen LogP contribution in [0, 0.1) is 18.3 Å². The topological polar surface area (TPSA) is 81.5 Å². The smallest absolute Gasteiger partial charge is 0.388 e. The van der Waals surface area contributed by atoms with Gasteiger partial charge in [-0.25, -0.2) is 14.6 Å². The van der Waals surface area contributed by atoms with Gasteiger partial charge in [-0.3, -0.25) is 4.57 Å². The number of rotatable bonds is 4. The monoisotopic (exact) mass is 444 g/mol. The number of imidazole rings is 1. The Balaban J connectivity index is 1.85. The SMILES string of the molecule is Cc1cc(OC(F)F)nn1-c1nc(-n2cnc3cc(Br)ccc32)ccc1C#N. The molecule has 140 valence electrons. The molecule has 0 saturated heterocycles. The Morgan fingerprint density at radius 2 is 2.04 bits per heavy atom. The van der Waals surface area contributed by atoms with E-state index in [0.717, 1.165) is 15.5 Å². The molecule has 0 radical (unpaired) electrons. The highest BCUT2D eigenvalue weighted by Crippen LogP contribution is 2.24. The van der Waals surface area contributed by atoms with Crippen molar-refractivity contribution in [2.75, 3.05) is 0 Å². The van der Waals surface area contributed by atoms with Crippen molar-refractivity contribution in [3.63, 3.8) is 0 Å². The molecule has 0 atom stereocenters. The average Bonchev–Trinajstić information content (AvgIpc) is 3.23. The molecular formula is C18H11BrF2N6O. The van der Waals surface area contributed by atoms with Gasteiger partial charge in [0.05, 0.1) is 16.6 Å². The Kier molecular flexibility index (Phi) is 4.52. The summed E-state index contributed by atoms with van der Waals surface area (Å²) in [7, 11) is 0. The highest BCUT2D eigenvalue weighted by molar-refractivity contribution is 9.10. The van der Waals surface area contributed by atoms with E-state index < -0.39 is 6.61 Å². The van der Waals surface area contributed by atoms with Crippen molar-refractivity contribution >= 4 is 27.0 Å². The summed E-state index contributed by atoms with van der Waals surface area (Å²) in [6.07, 6.45) is 1.62. The maximum atomic E-state index is 12.5. The van der Waals surface area contributed by atoms with Crippen molar-refractivity contribution in [1.82, 2.24) is 24.3 Å². The van der Waals surface area contributed by atoms with Crippen LogP contribution in [0.25, 0.3) is 22.7 Å². The molecule has 0 aliphatic rings. The number of fused-ring (bicyclic) bond motifs is 1. The Hall–Kier alpha value is -3.32. The van der Waals surface area contributed by atoms with E-state index in [1.165, 1.54) is 10.7 Å². The van der Waals surface area contributed by atoms with E-state index in [0.29, 0.717) is 11.5 Å². The van der Waals surface area contributed by atoms with Gasteiger partial charge in [0.25, 0.3) is 0 Å². The van der Waals surface area contributed by atoms with Crippen LogP contribution in [0.15, 0.2) is 47.2 Å². The number of hydrogen-bond acceptors (Lipinski definition) is 5. The zero-order valence-electron chi connectivity index (χ0n) is 14.3. The number of nitrogens with zero attached hydrogens (tertiary/aromatic N) is 6. The average molecular weight is 445 g/mol. The van der Waals surface area contributed by atoms with Crippen LogP contribution in [0.5, 0.6) is 5.88 Å². The summed E-state index contributed by atoms with van der Waals surface area (Å²) in [5.41, 5.74) is 2.33. The molecule has 7 nitrogen and oxygen atoms in total. The fourth-order valence-electron chi connectivity index (χ4n) is 2.80. The summed E-state index contributed by atoms with van der Waals surface area (Å²) in [4.78, 5) is 8.89. The Morgan fingerprint density at radius 3 is 2.79 bits per heavy atom. The lowest BCUT2D eigenvalue weighted by Gasteiger charge is -2.09. The van der Waals surface area contributed by atoms with Gasteiger partial charge < -0.3 is 4.74 Å². The van der Waals surface area contributed by atoms with E-state index >= 15 is 0 Å². The number of ether oxygens (including phenoxy) is 1. The van der Waals surface area contributed by atoms with Gasteiger partial charge >= 0.3 is 6.61 Å². The molecule has 10 heteroatoms. The van der Waals surface area contributed by atoms with Crippen LogP contribution in [0.3, 0.4) is 0 Å². The third-order valence-electron chi connectivity index (χ3n) is 4.01. The third-order valence-corrected chi connectivity index (χ3v) is 4.51. The molecule has 0 N–H and O–H groups in total. The molecule has 0 fully saturated rings. The van der Waals surface area contributed by atoms with Gasteiger partial charge in [-0.15, -0.1) is 5.10 Å². The van der Waals surface area contributed by atoms with Crippen molar-refractivity contribution in [1.29, 1.82) is 5.26 Å². The Morgan fingerprint density at radius 1 is 1.21 bits per heavy atom. The number of hydrogen-bond donors (Lipinski definition) is 0. The maximum absolute atomic E-state index is 12.5. The molecule has 0 aliphatic carbocycles. The van der Waals surface area contributed by atoms with E-state index in [1.807, 2.05) is 24.3 Å². The van der Waals surface area contributed by atoms with Gasteiger partial charge in [0.2, 0.25) is 5.88 Å². The summed E-state index contributed by atoms with van der Waals surface area (Å²) in [6.45, 7) is -1.33. The zero-order chi connectivity index (χ0) is 19.8. The van der Waals surface area contributed by atoms with Gasteiger partial charge in [-0.05, 0) is 37.3 Å². The van der Waals surface area contributed by atoms with Crippen LogP contribution >= 0.6 is 15.9 Å². The molecule has 0 aliphatic heterocycles. The third kappa shape index (κ3) is 3.20. The first kappa shape index (κ1) is 18.1. The standard InChI is InChI=1S/C18H11BrF2N6O/c1-10-6-16(28-18(20)21)25-27(10)17-11(8-22)2-5-15(24-17)26-9-23-13-7-12(19)3-4-14(13)26/h2-7,9,18H,1H3. The molecule has 0 amide bonds. The molecule has 4 rings (SSSR count). The second-order valence-electron chi connectivity index (χ2n) is 5.81. The lowest BCUT2D eigenvalue weighted by atomic mass is 10.2. The highest BCUT2D eigenvalue weighted by Gasteiger charge is 2.17. The van der Waals surface area contributed by atoms with Crippen LogP contribution in [-0.4, -0.2) is 30.9 Å². The number of aromatic nitrogens is 5. The van der Waals surface area contributed by atoms with Gasteiger partial charge in [0.15, 0.2) is 5.82 Å². The van der Waals surface area contributed by atoms with Gasteiger partial charge in [-0.2, -0.15) is 14.0 Å². The molecule has 28 heavy (non-hydrogen) atoms. The molecule has 0 bridgehead atoms. The summed E-state index contributed by atoms with van der Waals surface area (Å²) >= 11 is 3.41. The number of nitriles is 1. The molecule has 4 aromatic rings. The fraction of sp³-hybridized carbons (Fsp3) is 0.111. The molecule has 3 heterocycles. The molecular weight excluding hydrogens is 434 g/mol. The normalized spacial score (nSPS) is 11.1. The molecule has 0 unspecified atom stereocenters. The molecule has 0 spiro atoms. The van der Waals surface area contributed by atoms with E-state index in [1.54, 1.807) is 30.0 Å². The van der Waals surface area contributed by atoms with Gasteiger partial charge in [0.1, 0.15) is 18.2 Å². The summed E-state index contributed by atoms with van der Waals surface area (Å²) < 4.78 is 33.3. The minimum atomic E-state index is -2.99. The Bertz CT molecular complexity index is 1230. The van der Waals surface area contributed by atoms with Crippen LogP contribution in [-0.2, 0) is 0 Å². The van der Waals surface area contributed by atoms with Crippen molar-refractivity contribution in [3.8, 4) is 23.6 Å². The van der Waals surface area contributed by atoms with Crippen LogP contribution in [0.1, 0.15) is 11.3 Å². The highest BCUT2D eigenvalue weighted by atomic mass is 79.9. The van der Waals surface area contributed by atoms with E-state index in [4.69, 9.17) is 0 Å². The number of benzene rings is 1. The second-order valence-corrected chi connectivity index (χ2v) is 6.73. The predicted molar refractivity (Wildman–Crippen MR) is 99.8 cm³/mol. The number of pyridine rings is 1. The molecule has 3 aromatic heterocycles. The first-order valence-electron chi connectivity index (χ1n) is 8.02. The lowest BCUT2D eigenvalue weighted by molar-refractivity contribution is -0.0530. The van der Waals surface area contributed by atoms with Crippen molar-refractivity contribution in [2.24, 2.45) is 0 Å². The quantitative estimate of drug-likeness (QED) is 0.472. The molecule has 1 aromatic carbocycles. The Labute approximate surface area is 165 Å². The number of halogens is 3.